The molecule has 0 fully saturated rings. The van der Waals surface area contributed by atoms with Gasteiger partial charge in [0.15, 0.2) is 0 Å². The maximum atomic E-state index is 10.8. The second kappa shape index (κ2) is 4.28. The van der Waals surface area contributed by atoms with Crippen molar-refractivity contribution in [2.75, 3.05) is 7.11 Å². The molecule has 0 rings (SSSR count). The van der Waals surface area contributed by atoms with Gasteiger partial charge in [-0.15, -0.1) is 0 Å². The Morgan fingerprint density at radius 2 is 1.90 bits per heavy atom. The zero-order valence-electron chi connectivity index (χ0n) is 6.97. The molecule has 0 saturated heterocycles. The van der Waals surface area contributed by atoms with E-state index in [4.69, 9.17) is 0 Å². The highest BCUT2D eigenvalue weighted by Crippen LogP contribution is 1.88. The lowest BCUT2D eigenvalue weighted by Crippen LogP contribution is -2.39. The van der Waals surface area contributed by atoms with Gasteiger partial charge in [-0.3, -0.25) is 4.79 Å². The summed E-state index contributed by atoms with van der Waals surface area (Å²) < 4.78 is 4.51. The molecule has 1 N–H and O–H groups in total. The predicted molar refractivity (Wildman–Crippen MR) is 39.7 cm³/mol. The van der Waals surface area contributed by atoms with Crippen molar-refractivity contribution in [3.8, 4) is 0 Å². The lowest BCUT2D eigenvalue weighted by atomic mass is 10.3. The van der Waals surface area contributed by atoms with Gasteiger partial charge in [-0.2, -0.15) is 0 Å². The van der Waals surface area contributed by atoms with Crippen LogP contribution in [0.25, 0.3) is 0 Å². The molecule has 0 aliphatic carbocycles. The Bertz CT molecular complexity index is 112. The third-order valence-corrected chi connectivity index (χ3v) is 1.14. The molecule has 1 unspecified atom stereocenters. The highest BCUT2D eigenvalue weighted by Gasteiger charge is 2.12. The van der Waals surface area contributed by atoms with Crippen molar-refractivity contribution in [2.45, 2.75) is 32.9 Å². The summed E-state index contributed by atoms with van der Waals surface area (Å²) >= 11 is 0. The number of hydrogen-bond donors (Lipinski definition) is 1. The van der Waals surface area contributed by atoms with E-state index in [-0.39, 0.29) is 12.0 Å². The Morgan fingerprint density at radius 3 is 2.20 bits per heavy atom. The normalized spacial score (nSPS) is 13.3. The Balaban J connectivity index is 3.61. The lowest BCUT2D eigenvalue weighted by molar-refractivity contribution is -0.142. The summed E-state index contributed by atoms with van der Waals surface area (Å²) in [4.78, 5) is 10.8. The zero-order valence-corrected chi connectivity index (χ0v) is 6.97. The topological polar surface area (TPSA) is 38.3 Å². The van der Waals surface area contributed by atoms with Crippen molar-refractivity contribution in [3.63, 3.8) is 0 Å². The molecule has 0 amide bonds. The maximum absolute atomic E-state index is 10.8. The molecule has 0 aliphatic heterocycles. The van der Waals surface area contributed by atoms with E-state index in [1.165, 1.54) is 7.11 Å². The Hall–Kier alpha value is -0.570. The average Bonchev–Trinajstić information content (AvgIpc) is 1.85. The zero-order chi connectivity index (χ0) is 8.15. The first-order chi connectivity index (χ1) is 4.57. The van der Waals surface area contributed by atoms with Crippen LogP contribution in [0.2, 0.25) is 0 Å². The van der Waals surface area contributed by atoms with Crippen molar-refractivity contribution < 1.29 is 9.53 Å². The summed E-state index contributed by atoms with van der Waals surface area (Å²) in [5.41, 5.74) is 0. The molecule has 0 aliphatic rings. The Labute approximate surface area is 61.8 Å². The van der Waals surface area contributed by atoms with Crippen LogP contribution in [-0.2, 0) is 9.53 Å². The number of nitrogens with one attached hydrogen (secondary N) is 1. The molecule has 60 valence electrons. The van der Waals surface area contributed by atoms with Gasteiger partial charge >= 0.3 is 5.97 Å². The summed E-state index contributed by atoms with van der Waals surface area (Å²) in [5.74, 6) is -0.214. The second-order valence-electron chi connectivity index (χ2n) is 2.57. The van der Waals surface area contributed by atoms with Crippen LogP contribution in [0.4, 0.5) is 0 Å². The fourth-order valence-electron chi connectivity index (χ4n) is 0.745. The van der Waals surface area contributed by atoms with Crippen LogP contribution >= 0.6 is 0 Å². The SMILES string of the molecule is COC(=O)C(C)NC(C)C. The minimum atomic E-state index is -0.214. The molecule has 0 bridgehead atoms. The number of carbonyl (C=O) groups is 1. The quantitative estimate of drug-likeness (QED) is 0.589. The monoisotopic (exact) mass is 145 g/mol. The number of carbonyl (C=O) groups excluding carboxylic acids is 1. The molecule has 1 atom stereocenters. The Kier molecular flexibility index (Phi) is 4.03. The van der Waals surface area contributed by atoms with Crippen LogP contribution in [0, 0.1) is 0 Å². The van der Waals surface area contributed by atoms with Crippen LogP contribution in [0.15, 0.2) is 0 Å². The van der Waals surface area contributed by atoms with E-state index >= 15 is 0 Å². The molecule has 0 spiro atoms. The van der Waals surface area contributed by atoms with Crippen LogP contribution in [0.1, 0.15) is 20.8 Å². The number of methoxy groups -OCH3 is 1. The second-order valence-corrected chi connectivity index (χ2v) is 2.57. The van der Waals surface area contributed by atoms with Crippen molar-refractivity contribution in [1.29, 1.82) is 0 Å². The third kappa shape index (κ3) is 3.45. The third-order valence-electron chi connectivity index (χ3n) is 1.14. The first kappa shape index (κ1) is 9.43. The molecule has 0 radical (unpaired) electrons. The maximum Gasteiger partial charge on any atom is 0.322 e. The fraction of sp³-hybridized carbons (Fsp3) is 0.857. The van der Waals surface area contributed by atoms with E-state index < -0.39 is 0 Å². The van der Waals surface area contributed by atoms with Gasteiger partial charge < -0.3 is 10.1 Å². The van der Waals surface area contributed by atoms with Crippen molar-refractivity contribution in [3.05, 3.63) is 0 Å². The molecule has 3 heteroatoms. The van der Waals surface area contributed by atoms with Crippen molar-refractivity contribution >= 4 is 5.97 Å². The van der Waals surface area contributed by atoms with Crippen LogP contribution in [-0.4, -0.2) is 25.2 Å². The number of esters is 1. The molecular weight excluding hydrogens is 130 g/mol. The van der Waals surface area contributed by atoms with E-state index in [1.807, 2.05) is 13.8 Å². The first-order valence-electron chi connectivity index (χ1n) is 3.41. The van der Waals surface area contributed by atoms with Gasteiger partial charge in [0.1, 0.15) is 6.04 Å². The number of rotatable bonds is 3. The smallest absolute Gasteiger partial charge is 0.322 e. The molecule has 0 aromatic heterocycles. The van der Waals surface area contributed by atoms with Gasteiger partial charge in [-0.05, 0) is 6.92 Å². The highest BCUT2D eigenvalue weighted by molar-refractivity contribution is 5.75. The van der Waals surface area contributed by atoms with Gasteiger partial charge in [-0.25, -0.2) is 0 Å². The molecule has 0 aromatic rings. The van der Waals surface area contributed by atoms with Gasteiger partial charge in [-0.1, -0.05) is 13.8 Å². The van der Waals surface area contributed by atoms with Gasteiger partial charge in [0, 0.05) is 6.04 Å². The molecule has 0 heterocycles. The summed E-state index contributed by atoms with van der Waals surface area (Å²) in [6, 6.07) is 0.110. The van der Waals surface area contributed by atoms with Gasteiger partial charge in [0.2, 0.25) is 0 Å². The fourth-order valence-corrected chi connectivity index (χ4v) is 0.745. The minimum absolute atomic E-state index is 0.204. The van der Waals surface area contributed by atoms with Gasteiger partial charge in [0.05, 0.1) is 7.11 Å². The average molecular weight is 145 g/mol. The number of hydrogen-bond acceptors (Lipinski definition) is 3. The van der Waals surface area contributed by atoms with E-state index in [2.05, 4.69) is 10.1 Å². The van der Waals surface area contributed by atoms with Crippen molar-refractivity contribution in [2.24, 2.45) is 0 Å². The summed E-state index contributed by atoms with van der Waals surface area (Å²) in [6.45, 7) is 5.75. The summed E-state index contributed by atoms with van der Waals surface area (Å²) in [6.07, 6.45) is 0. The van der Waals surface area contributed by atoms with Crippen LogP contribution in [0.5, 0.6) is 0 Å². The predicted octanol–water partition coefficient (Wildman–Crippen LogP) is 0.546. The van der Waals surface area contributed by atoms with Crippen LogP contribution < -0.4 is 5.32 Å². The molecule has 0 aromatic carbocycles. The van der Waals surface area contributed by atoms with E-state index in [9.17, 15) is 4.79 Å². The standard InChI is InChI=1S/C7H15NO2/c1-5(2)8-6(3)7(9)10-4/h5-6,8H,1-4H3. The number of ether oxygens (including phenoxy) is 1. The van der Waals surface area contributed by atoms with E-state index in [0.717, 1.165) is 0 Å². The summed E-state index contributed by atoms with van der Waals surface area (Å²) in [5, 5.41) is 3.02. The molecule has 10 heavy (non-hydrogen) atoms. The Morgan fingerprint density at radius 1 is 1.40 bits per heavy atom. The van der Waals surface area contributed by atoms with E-state index in [1.54, 1.807) is 6.92 Å². The lowest BCUT2D eigenvalue weighted by Gasteiger charge is -2.13. The summed E-state index contributed by atoms with van der Waals surface area (Å²) in [7, 11) is 1.39. The molecular formula is C7H15NO2. The largest absolute Gasteiger partial charge is 0.468 e. The van der Waals surface area contributed by atoms with Gasteiger partial charge in [0.25, 0.3) is 0 Å². The van der Waals surface area contributed by atoms with Crippen molar-refractivity contribution in [1.82, 2.24) is 5.32 Å². The first-order valence-corrected chi connectivity index (χ1v) is 3.41. The minimum Gasteiger partial charge on any atom is -0.468 e. The van der Waals surface area contributed by atoms with Crippen LogP contribution in [0.3, 0.4) is 0 Å². The molecule has 0 saturated carbocycles. The van der Waals surface area contributed by atoms with E-state index in [0.29, 0.717) is 6.04 Å². The highest BCUT2D eigenvalue weighted by atomic mass is 16.5. The molecule has 3 nitrogen and oxygen atoms in total.